The number of rotatable bonds is 4. The number of nitriles is 1. The summed E-state index contributed by atoms with van der Waals surface area (Å²) in [6.45, 7) is 0.499. The molecule has 1 fully saturated rings. The molecule has 88 valence electrons. The molecule has 1 saturated carbocycles. The van der Waals surface area contributed by atoms with Crippen LogP contribution in [0.4, 0.5) is 0 Å². The van der Waals surface area contributed by atoms with Crippen LogP contribution in [0.1, 0.15) is 29.6 Å². The Hall–Kier alpha value is -2.09. The highest BCUT2D eigenvalue weighted by atomic mass is 16.4. The number of carbonyl (C=O) groups is 1. The van der Waals surface area contributed by atoms with Crippen LogP contribution in [-0.4, -0.2) is 15.6 Å². The maximum absolute atomic E-state index is 11.7. The first-order valence-electron chi connectivity index (χ1n) is 5.37. The van der Waals surface area contributed by atoms with Gasteiger partial charge < -0.3 is 9.67 Å². The lowest BCUT2D eigenvalue weighted by Crippen LogP contribution is -2.24. The van der Waals surface area contributed by atoms with Gasteiger partial charge in [0.25, 0.3) is 5.56 Å². The van der Waals surface area contributed by atoms with Crippen molar-refractivity contribution in [1.29, 1.82) is 5.26 Å². The second-order valence-electron chi connectivity index (χ2n) is 4.52. The van der Waals surface area contributed by atoms with Crippen LogP contribution in [0.2, 0.25) is 0 Å². The molecule has 0 atom stereocenters. The molecule has 1 aromatic heterocycles. The lowest BCUT2D eigenvalue weighted by Gasteiger charge is -2.13. The molecule has 0 aliphatic heterocycles. The van der Waals surface area contributed by atoms with Gasteiger partial charge in [-0.25, -0.2) is 4.79 Å². The van der Waals surface area contributed by atoms with E-state index in [1.807, 2.05) is 0 Å². The Morgan fingerprint density at radius 3 is 2.76 bits per heavy atom. The van der Waals surface area contributed by atoms with Crippen LogP contribution in [0.5, 0.6) is 0 Å². The number of hydrogen-bond acceptors (Lipinski definition) is 3. The van der Waals surface area contributed by atoms with Gasteiger partial charge in [0.1, 0.15) is 0 Å². The molecular formula is C12H12N2O3. The summed E-state index contributed by atoms with van der Waals surface area (Å²) >= 11 is 0. The summed E-state index contributed by atoms with van der Waals surface area (Å²) in [4.78, 5) is 22.3. The second kappa shape index (κ2) is 4.06. The van der Waals surface area contributed by atoms with Crippen molar-refractivity contribution in [3.8, 4) is 6.07 Å². The molecule has 0 bridgehead atoms. The van der Waals surface area contributed by atoms with Gasteiger partial charge in [-0.05, 0) is 18.9 Å². The number of pyridine rings is 1. The van der Waals surface area contributed by atoms with E-state index in [0.29, 0.717) is 13.0 Å². The van der Waals surface area contributed by atoms with Crippen molar-refractivity contribution < 1.29 is 9.90 Å². The van der Waals surface area contributed by atoms with E-state index in [9.17, 15) is 9.59 Å². The Kier molecular flexibility index (Phi) is 2.72. The van der Waals surface area contributed by atoms with Gasteiger partial charge in [-0.1, -0.05) is 0 Å². The molecule has 0 spiro atoms. The zero-order chi connectivity index (χ0) is 12.5. The van der Waals surface area contributed by atoms with E-state index >= 15 is 0 Å². The summed E-state index contributed by atoms with van der Waals surface area (Å²) in [6.07, 6.45) is 3.84. The minimum Gasteiger partial charge on any atom is -0.478 e. The second-order valence-corrected chi connectivity index (χ2v) is 4.52. The van der Waals surface area contributed by atoms with Gasteiger partial charge in [-0.15, -0.1) is 0 Å². The number of nitrogens with zero attached hydrogens (tertiary/aromatic N) is 2. The molecule has 0 amide bonds. The first-order chi connectivity index (χ1) is 8.06. The van der Waals surface area contributed by atoms with Crippen molar-refractivity contribution in [3.63, 3.8) is 0 Å². The van der Waals surface area contributed by atoms with Gasteiger partial charge in [0.05, 0.1) is 11.6 Å². The summed E-state index contributed by atoms with van der Waals surface area (Å²) in [6, 6.07) is 4.66. The van der Waals surface area contributed by atoms with Gasteiger partial charge in [-0.2, -0.15) is 5.26 Å². The number of carboxylic acids is 1. The topological polar surface area (TPSA) is 83.1 Å². The zero-order valence-electron chi connectivity index (χ0n) is 9.22. The van der Waals surface area contributed by atoms with Crippen LogP contribution in [0.15, 0.2) is 23.1 Å². The molecule has 17 heavy (non-hydrogen) atoms. The Labute approximate surface area is 97.9 Å². The van der Waals surface area contributed by atoms with Crippen LogP contribution in [0.3, 0.4) is 0 Å². The first-order valence-corrected chi connectivity index (χ1v) is 5.37. The monoisotopic (exact) mass is 232 g/mol. The van der Waals surface area contributed by atoms with E-state index in [2.05, 4.69) is 6.07 Å². The van der Waals surface area contributed by atoms with Crippen molar-refractivity contribution in [1.82, 2.24) is 4.57 Å². The average molecular weight is 232 g/mol. The third kappa shape index (κ3) is 2.36. The molecule has 5 heteroatoms. The average Bonchev–Trinajstić information content (AvgIpc) is 3.01. The third-order valence-corrected chi connectivity index (χ3v) is 3.16. The lowest BCUT2D eigenvalue weighted by atomic mass is 10.0. The smallest absolute Gasteiger partial charge is 0.335 e. The number of aromatic carboxylic acids is 1. The van der Waals surface area contributed by atoms with E-state index in [0.717, 1.165) is 18.9 Å². The highest BCUT2D eigenvalue weighted by Gasteiger charge is 2.42. The number of aromatic nitrogens is 1. The van der Waals surface area contributed by atoms with Crippen molar-refractivity contribution >= 4 is 5.97 Å². The lowest BCUT2D eigenvalue weighted by molar-refractivity contribution is 0.0696. The van der Waals surface area contributed by atoms with E-state index in [-0.39, 0.29) is 16.5 Å². The van der Waals surface area contributed by atoms with E-state index in [4.69, 9.17) is 10.4 Å². The highest BCUT2D eigenvalue weighted by molar-refractivity contribution is 5.87. The molecule has 1 aliphatic rings. The Morgan fingerprint density at radius 2 is 2.29 bits per heavy atom. The van der Waals surface area contributed by atoms with Crippen molar-refractivity contribution in [3.05, 3.63) is 34.2 Å². The summed E-state index contributed by atoms with van der Waals surface area (Å²) in [5.41, 5.74) is -0.394. The quantitative estimate of drug-likeness (QED) is 0.846. The Morgan fingerprint density at radius 1 is 1.59 bits per heavy atom. The number of hydrogen-bond donors (Lipinski definition) is 1. The van der Waals surface area contributed by atoms with Crippen LogP contribution in [0.25, 0.3) is 0 Å². The Bertz CT molecular complexity index is 550. The molecule has 0 aromatic carbocycles. The molecule has 5 nitrogen and oxygen atoms in total. The fourth-order valence-corrected chi connectivity index (χ4v) is 1.87. The largest absolute Gasteiger partial charge is 0.478 e. The molecule has 1 heterocycles. The van der Waals surface area contributed by atoms with Crippen LogP contribution < -0.4 is 5.56 Å². The fraction of sp³-hybridized carbons (Fsp3) is 0.417. The minimum absolute atomic E-state index is 0.00335. The third-order valence-electron chi connectivity index (χ3n) is 3.16. The summed E-state index contributed by atoms with van der Waals surface area (Å²) < 4.78 is 1.48. The summed E-state index contributed by atoms with van der Waals surface area (Å²) in [5.74, 6) is -1.10. The van der Waals surface area contributed by atoms with Crippen molar-refractivity contribution in [2.45, 2.75) is 25.8 Å². The van der Waals surface area contributed by atoms with Gasteiger partial charge in [0, 0.05) is 30.6 Å². The maximum Gasteiger partial charge on any atom is 0.335 e. The highest BCUT2D eigenvalue weighted by Crippen LogP contribution is 2.49. The van der Waals surface area contributed by atoms with Gasteiger partial charge in [0.15, 0.2) is 0 Å². The van der Waals surface area contributed by atoms with Crippen LogP contribution in [0, 0.1) is 16.7 Å². The van der Waals surface area contributed by atoms with Gasteiger partial charge in [-0.3, -0.25) is 4.79 Å². The normalized spacial score (nSPS) is 16.2. The van der Waals surface area contributed by atoms with Crippen molar-refractivity contribution in [2.75, 3.05) is 0 Å². The summed E-state index contributed by atoms with van der Waals surface area (Å²) in [7, 11) is 0. The van der Waals surface area contributed by atoms with E-state index in [1.54, 1.807) is 0 Å². The zero-order valence-corrected chi connectivity index (χ0v) is 9.22. The standard InChI is InChI=1S/C12H12N2O3/c13-5-4-12(2-3-12)8-14-6-1-9(11(16)17)7-10(14)15/h1,6-7H,2-4,8H2,(H,16,17). The fourth-order valence-electron chi connectivity index (χ4n) is 1.87. The minimum atomic E-state index is -1.10. The molecule has 1 aromatic rings. The van der Waals surface area contributed by atoms with Crippen LogP contribution in [-0.2, 0) is 6.54 Å². The van der Waals surface area contributed by atoms with Crippen LogP contribution >= 0.6 is 0 Å². The van der Waals surface area contributed by atoms with E-state index in [1.165, 1.54) is 16.8 Å². The number of carboxylic acid groups (broad SMARTS) is 1. The molecule has 0 unspecified atom stereocenters. The Balaban J connectivity index is 2.21. The predicted molar refractivity (Wildman–Crippen MR) is 59.6 cm³/mol. The predicted octanol–water partition coefficient (Wildman–Crippen LogP) is 1.24. The summed E-state index contributed by atoms with van der Waals surface area (Å²) in [5, 5.41) is 17.4. The van der Waals surface area contributed by atoms with E-state index < -0.39 is 5.97 Å². The SMILES string of the molecule is N#CCC1(Cn2ccc(C(=O)O)cc2=O)CC1. The molecule has 1 N–H and O–H groups in total. The van der Waals surface area contributed by atoms with Gasteiger partial charge >= 0.3 is 5.97 Å². The molecular weight excluding hydrogens is 220 g/mol. The molecule has 0 radical (unpaired) electrons. The molecule has 1 aliphatic carbocycles. The van der Waals surface area contributed by atoms with Crippen molar-refractivity contribution in [2.24, 2.45) is 5.41 Å². The first kappa shape index (κ1) is 11.4. The van der Waals surface area contributed by atoms with Gasteiger partial charge in [0.2, 0.25) is 0 Å². The maximum atomic E-state index is 11.7. The molecule has 2 rings (SSSR count). The molecule has 0 saturated heterocycles.